The van der Waals surface area contributed by atoms with Crippen LogP contribution in [0.1, 0.15) is 42.6 Å². The van der Waals surface area contributed by atoms with Crippen LogP contribution in [0.25, 0.3) is 0 Å². The minimum Gasteiger partial charge on any atom is -0.395 e. The molecule has 1 aromatic rings. The lowest BCUT2D eigenvalue weighted by atomic mass is 10.1. The van der Waals surface area contributed by atoms with Crippen LogP contribution in [0.4, 0.5) is 4.39 Å². The molecule has 3 nitrogen and oxygen atoms in total. The van der Waals surface area contributed by atoms with Crippen molar-refractivity contribution in [1.29, 1.82) is 0 Å². The number of aliphatic hydroxyl groups is 1. The molecular formula is C15H22FNO2. The number of rotatable bonds is 6. The third kappa shape index (κ3) is 3.77. The maximum atomic E-state index is 13.8. The maximum absolute atomic E-state index is 13.8. The Kier molecular flexibility index (Phi) is 5.96. The standard InChI is InChI=1S/C15H22FNO2/c1-4-12(5-2)17(8-9-18)15(19)13-10-11(3)6-7-14(13)16/h6-7,10,12,18H,4-5,8-9H2,1-3H3. The van der Waals surface area contributed by atoms with Crippen molar-refractivity contribution in [3.8, 4) is 0 Å². The minimum absolute atomic E-state index is 0.0274. The highest BCUT2D eigenvalue weighted by Gasteiger charge is 2.24. The van der Waals surface area contributed by atoms with Gasteiger partial charge in [-0.3, -0.25) is 4.79 Å². The highest BCUT2D eigenvalue weighted by molar-refractivity contribution is 5.94. The molecule has 0 unspecified atom stereocenters. The van der Waals surface area contributed by atoms with Gasteiger partial charge in [0.2, 0.25) is 0 Å². The molecule has 0 aliphatic heterocycles. The van der Waals surface area contributed by atoms with Gasteiger partial charge in [-0.2, -0.15) is 0 Å². The molecule has 1 rings (SSSR count). The number of nitrogens with zero attached hydrogens (tertiary/aromatic N) is 1. The zero-order valence-corrected chi connectivity index (χ0v) is 11.8. The van der Waals surface area contributed by atoms with Crippen LogP contribution in [0, 0.1) is 12.7 Å². The molecular weight excluding hydrogens is 245 g/mol. The van der Waals surface area contributed by atoms with Crippen molar-refractivity contribution in [2.45, 2.75) is 39.7 Å². The summed E-state index contributed by atoms with van der Waals surface area (Å²) in [6, 6.07) is 4.54. The molecule has 1 amide bonds. The molecule has 4 heteroatoms. The number of hydrogen-bond acceptors (Lipinski definition) is 2. The van der Waals surface area contributed by atoms with E-state index < -0.39 is 5.82 Å². The van der Waals surface area contributed by atoms with Crippen LogP contribution in [0.3, 0.4) is 0 Å². The normalized spacial score (nSPS) is 10.8. The Morgan fingerprint density at radius 2 is 2.00 bits per heavy atom. The quantitative estimate of drug-likeness (QED) is 0.861. The molecule has 19 heavy (non-hydrogen) atoms. The molecule has 0 aliphatic rings. The van der Waals surface area contributed by atoms with Crippen molar-refractivity contribution >= 4 is 5.91 Å². The average molecular weight is 267 g/mol. The zero-order chi connectivity index (χ0) is 14.4. The smallest absolute Gasteiger partial charge is 0.257 e. The second-order valence-electron chi connectivity index (χ2n) is 4.68. The van der Waals surface area contributed by atoms with E-state index in [1.165, 1.54) is 6.07 Å². The lowest BCUT2D eigenvalue weighted by molar-refractivity contribution is 0.0617. The number of aliphatic hydroxyl groups excluding tert-OH is 1. The number of benzene rings is 1. The second-order valence-corrected chi connectivity index (χ2v) is 4.68. The Morgan fingerprint density at radius 1 is 1.37 bits per heavy atom. The summed E-state index contributed by atoms with van der Waals surface area (Å²) in [6.45, 7) is 5.91. The van der Waals surface area contributed by atoms with E-state index in [0.717, 1.165) is 18.4 Å². The Hall–Kier alpha value is -1.42. The molecule has 0 aromatic heterocycles. The molecule has 0 atom stereocenters. The van der Waals surface area contributed by atoms with Gasteiger partial charge in [0.25, 0.3) is 5.91 Å². The Balaban J connectivity index is 3.08. The van der Waals surface area contributed by atoms with Gasteiger partial charge in [-0.05, 0) is 31.9 Å². The SMILES string of the molecule is CCC(CC)N(CCO)C(=O)c1cc(C)ccc1F. The zero-order valence-electron chi connectivity index (χ0n) is 11.8. The number of halogens is 1. The Bertz CT molecular complexity index is 430. The summed E-state index contributed by atoms with van der Waals surface area (Å²) in [7, 11) is 0. The highest BCUT2D eigenvalue weighted by atomic mass is 19.1. The summed E-state index contributed by atoms with van der Waals surface area (Å²) in [6.07, 6.45) is 1.57. The Labute approximate surface area is 114 Å². The van der Waals surface area contributed by atoms with Crippen LogP contribution in [0.2, 0.25) is 0 Å². The Morgan fingerprint density at radius 3 is 2.53 bits per heavy atom. The van der Waals surface area contributed by atoms with E-state index in [1.54, 1.807) is 17.0 Å². The molecule has 106 valence electrons. The van der Waals surface area contributed by atoms with Gasteiger partial charge >= 0.3 is 0 Å². The molecule has 1 aromatic carbocycles. The van der Waals surface area contributed by atoms with Gasteiger partial charge < -0.3 is 10.0 Å². The molecule has 0 bridgehead atoms. The van der Waals surface area contributed by atoms with E-state index in [9.17, 15) is 9.18 Å². The first kappa shape index (κ1) is 15.6. The molecule has 0 radical (unpaired) electrons. The fourth-order valence-electron chi connectivity index (χ4n) is 2.24. The van der Waals surface area contributed by atoms with Gasteiger partial charge in [0.15, 0.2) is 0 Å². The summed E-state index contributed by atoms with van der Waals surface area (Å²) < 4.78 is 13.8. The molecule has 0 heterocycles. The van der Waals surface area contributed by atoms with Crippen molar-refractivity contribution < 1.29 is 14.3 Å². The summed E-state index contributed by atoms with van der Waals surface area (Å²) in [5.74, 6) is -0.853. The first-order chi connectivity index (χ1) is 9.04. The van der Waals surface area contributed by atoms with Gasteiger partial charge in [-0.25, -0.2) is 4.39 Å². The van der Waals surface area contributed by atoms with Gasteiger partial charge in [-0.15, -0.1) is 0 Å². The van der Waals surface area contributed by atoms with E-state index in [0.29, 0.717) is 0 Å². The molecule has 0 saturated heterocycles. The predicted octanol–water partition coefficient (Wildman–Crippen LogP) is 2.76. The fourth-order valence-corrected chi connectivity index (χ4v) is 2.24. The molecule has 0 saturated carbocycles. The van der Waals surface area contributed by atoms with Crippen molar-refractivity contribution in [2.75, 3.05) is 13.2 Å². The molecule has 0 fully saturated rings. The topological polar surface area (TPSA) is 40.5 Å². The number of amides is 1. The van der Waals surface area contributed by atoms with E-state index in [-0.39, 0.29) is 30.7 Å². The molecule has 0 aliphatic carbocycles. The lowest BCUT2D eigenvalue weighted by Crippen LogP contribution is -2.42. The minimum atomic E-state index is -0.510. The van der Waals surface area contributed by atoms with E-state index in [4.69, 9.17) is 5.11 Å². The van der Waals surface area contributed by atoms with Gasteiger partial charge in [0.05, 0.1) is 12.2 Å². The van der Waals surface area contributed by atoms with Gasteiger partial charge in [0.1, 0.15) is 5.82 Å². The highest BCUT2D eigenvalue weighted by Crippen LogP contribution is 2.17. The van der Waals surface area contributed by atoms with Crippen LogP contribution in [0.15, 0.2) is 18.2 Å². The summed E-state index contributed by atoms with van der Waals surface area (Å²) >= 11 is 0. The van der Waals surface area contributed by atoms with Crippen LogP contribution in [-0.4, -0.2) is 35.1 Å². The number of aryl methyl sites for hydroxylation is 1. The lowest BCUT2D eigenvalue weighted by Gasteiger charge is -2.30. The molecule has 1 N–H and O–H groups in total. The third-order valence-corrected chi connectivity index (χ3v) is 3.34. The van der Waals surface area contributed by atoms with Crippen molar-refractivity contribution in [1.82, 2.24) is 4.90 Å². The maximum Gasteiger partial charge on any atom is 0.257 e. The van der Waals surface area contributed by atoms with E-state index in [2.05, 4.69) is 0 Å². The number of carbonyl (C=O) groups is 1. The van der Waals surface area contributed by atoms with E-state index in [1.807, 2.05) is 20.8 Å². The number of carbonyl (C=O) groups excluding carboxylic acids is 1. The number of hydrogen-bond donors (Lipinski definition) is 1. The van der Waals surface area contributed by atoms with Gasteiger partial charge in [0, 0.05) is 12.6 Å². The van der Waals surface area contributed by atoms with Crippen molar-refractivity contribution in [3.05, 3.63) is 35.1 Å². The monoisotopic (exact) mass is 267 g/mol. The second kappa shape index (κ2) is 7.24. The van der Waals surface area contributed by atoms with E-state index >= 15 is 0 Å². The molecule has 0 spiro atoms. The van der Waals surface area contributed by atoms with Crippen molar-refractivity contribution in [2.24, 2.45) is 0 Å². The predicted molar refractivity (Wildman–Crippen MR) is 73.6 cm³/mol. The van der Waals surface area contributed by atoms with Crippen LogP contribution in [-0.2, 0) is 0 Å². The van der Waals surface area contributed by atoms with Gasteiger partial charge in [-0.1, -0.05) is 25.5 Å². The first-order valence-corrected chi connectivity index (χ1v) is 6.73. The summed E-state index contributed by atoms with van der Waals surface area (Å²) in [5, 5.41) is 9.11. The van der Waals surface area contributed by atoms with Crippen molar-refractivity contribution in [3.63, 3.8) is 0 Å². The first-order valence-electron chi connectivity index (χ1n) is 6.73. The average Bonchev–Trinajstić information content (AvgIpc) is 2.41. The third-order valence-electron chi connectivity index (χ3n) is 3.34. The summed E-state index contributed by atoms with van der Waals surface area (Å²) in [5.41, 5.74) is 0.929. The fraction of sp³-hybridized carbons (Fsp3) is 0.533. The van der Waals surface area contributed by atoms with Crippen LogP contribution < -0.4 is 0 Å². The van der Waals surface area contributed by atoms with Crippen LogP contribution >= 0.6 is 0 Å². The summed E-state index contributed by atoms with van der Waals surface area (Å²) in [4.78, 5) is 14.0. The largest absolute Gasteiger partial charge is 0.395 e. The van der Waals surface area contributed by atoms with Crippen LogP contribution in [0.5, 0.6) is 0 Å².